The summed E-state index contributed by atoms with van der Waals surface area (Å²) < 4.78 is 22.3. The Morgan fingerprint density at radius 1 is 1.60 bits per heavy atom. The van der Waals surface area contributed by atoms with Crippen LogP contribution in [-0.4, -0.2) is 32.5 Å². The van der Waals surface area contributed by atoms with Crippen molar-refractivity contribution < 1.29 is 8.42 Å². The molecule has 1 rings (SSSR count). The highest BCUT2D eigenvalue weighted by molar-refractivity contribution is 7.92. The highest BCUT2D eigenvalue weighted by Gasteiger charge is 2.26. The van der Waals surface area contributed by atoms with E-state index in [0.717, 1.165) is 13.0 Å². The summed E-state index contributed by atoms with van der Waals surface area (Å²) in [4.78, 5) is 0. The second-order valence-electron chi connectivity index (χ2n) is 2.57. The summed E-state index contributed by atoms with van der Waals surface area (Å²) in [5.41, 5.74) is 0. The monoisotopic (exact) mass is 163 g/mol. The Balaban J connectivity index is 2.63. The van der Waals surface area contributed by atoms with E-state index in [2.05, 4.69) is 5.32 Å². The van der Waals surface area contributed by atoms with Gasteiger partial charge in [0.25, 0.3) is 0 Å². The van der Waals surface area contributed by atoms with Gasteiger partial charge in [0.05, 0.1) is 5.25 Å². The molecule has 1 aliphatic rings. The first-order valence-electron chi connectivity index (χ1n) is 3.59. The van der Waals surface area contributed by atoms with E-state index < -0.39 is 9.84 Å². The van der Waals surface area contributed by atoms with Gasteiger partial charge in [-0.3, -0.25) is 0 Å². The molecule has 0 aromatic carbocycles. The van der Waals surface area contributed by atoms with Crippen LogP contribution in [0.4, 0.5) is 0 Å². The number of nitrogens with one attached hydrogen (secondary N) is 1. The summed E-state index contributed by atoms with van der Waals surface area (Å²) in [5.74, 6) is 0.277. The minimum atomic E-state index is -2.76. The quantitative estimate of drug-likeness (QED) is 0.612. The minimum Gasteiger partial charge on any atom is -0.315 e. The summed E-state index contributed by atoms with van der Waals surface area (Å²) in [7, 11) is -2.76. The first-order valence-corrected chi connectivity index (χ1v) is 5.30. The molecule has 0 bridgehead atoms. The fraction of sp³-hybridized carbons (Fsp3) is 1.00. The predicted molar refractivity (Wildman–Crippen MR) is 40.7 cm³/mol. The van der Waals surface area contributed by atoms with E-state index in [1.165, 1.54) is 0 Å². The van der Waals surface area contributed by atoms with Crippen molar-refractivity contribution in [1.82, 2.24) is 5.32 Å². The Morgan fingerprint density at radius 2 is 2.30 bits per heavy atom. The third-order valence-corrected chi connectivity index (χ3v) is 4.15. The van der Waals surface area contributed by atoms with Crippen molar-refractivity contribution in [1.29, 1.82) is 0 Å². The van der Waals surface area contributed by atoms with Crippen LogP contribution in [0.2, 0.25) is 0 Å². The van der Waals surface area contributed by atoms with Crippen molar-refractivity contribution in [2.75, 3.05) is 18.8 Å². The third-order valence-electron chi connectivity index (χ3n) is 1.93. The Bertz CT molecular complexity index is 192. The van der Waals surface area contributed by atoms with Crippen molar-refractivity contribution in [3.05, 3.63) is 0 Å². The molecule has 0 aromatic heterocycles. The molecule has 0 spiro atoms. The smallest absolute Gasteiger partial charge is 0.154 e. The lowest BCUT2D eigenvalue weighted by Gasteiger charge is -2.06. The van der Waals surface area contributed by atoms with E-state index in [4.69, 9.17) is 0 Å². The molecule has 0 saturated carbocycles. The van der Waals surface area contributed by atoms with Crippen LogP contribution in [0, 0.1) is 0 Å². The zero-order valence-electron chi connectivity index (χ0n) is 6.13. The van der Waals surface area contributed by atoms with Crippen molar-refractivity contribution >= 4 is 9.84 Å². The third kappa shape index (κ3) is 1.49. The Labute approximate surface area is 61.7 Å². The maximum atomic E-state index is 11.2. The molecule has 10 heavy (non-hydrogen) atoms. The van der Waals surface area contributed by atoms with Crippen molar-refractivity contribution in [3.63, 3.8) is 0 Å². The molecule has 3 nitrogen and oxygen atoms in total. The van der Waals surface area contributed by atoms with Crippen molar-refractivity contribution in [2.24, 2.45) is 0 Å². The van der Waals surface area contributed by atoms with Crippen LogP contribution in [-0.2, 0) is 9.84 Å². The van der Waals surface area contributed by atoms with Crippen molar-refractivity contribution in [2.45, 2.75) is 18.6 Å². The van der Waals surface area contributed by atoms with Crippen LogP contribution in [0.25, 0.3) is 0 Å². The molecule has 4 heteroatoms. The van der Waals surface area contributed by atoms with Gasteiger partial charge in [0, 0.05) is 12.3 Å². The summed E-state index contributed by atoms with van der Waals surface area (Å²) in [6.07, 6.45) is 0.788. The summed E-state index contributed by atoms with van der Waals surface area (Å²) in [6, 6.07) is 0. The lowest BCUT2D eigenvalue weighted by atomic mass is 10.4. The first-order chi connectivity index (χ1) is 4.67. The highest BCUT2D eigenvalue weighted by Crippen LogP contribution is 2.09. The molecule has 1 N–H and O–H groups in total. The molecule has 0 amide bonds. The number of sulfone groups is 1. The molecule has 0 unspecified atom stereocenters. The lowest BCUT2D eigenvalue weighted by Crippen LogP contribution is -2.25. The van der Waals surface area contributed by atoms with Crippen molar-refractivity contribution in [3.8, 4) is 0 Å². The van der Waals surface area contributed by atoms with Gasteiger partial charge in [-0.05, 0) is 13.0 Å². The highest BCUT2D eigenvalue weighted by atomic mass is 32.2. The predicted octanol–water partition coefficient (Wildman–Crippen LogP) is -0.217. The van der Waals surface area contributed by atoms with E-state index in [9.17, 15) is 8.42 Å². The lowest BCUT2D eigenvalue weighted by molar-refractivity contribution is 0.584. The molecule has 0 aromatic rings. The summed E-state index contributed by atoms with van der Waals surface area (Å²) >= 11 is 0. The van der Waals surface area contributed by atoms with E-state index in [0.29, 0.717) is 6.54 Å². The fourth-order valence-electron chi connectivity index (χ4n) is 1.17. The average molecular weight is 163 g/mol. The number of hydrogen-bond acceptors (Lipinski definition) is 3. The second-order valence-corrected chi connectivity index (χ2v) is 5.14. The van der Waals surface area contributed by atoms with Crippen LogP contribution >= 0.6 is 0 Å². The van der Waals surface area contributed by atoms with Crippen LogP contribution < -0.4 is 5.32 Å². The number of rotatable bonds is 2. The van der Waals surface area contributed by atoms with Gasteiger partial charge in [-0.25, -0.2) is 8.42 Å². The topological polar surface area (TPSA) is 46.2 Å². The van der Waals surface area contributed by atoms with Gasteiger partial charge in [0.15, 0.2) is 9.84 Å². The molecule has 1 fully saturated rings. The van der Waals surface area contributed by atoms with Gasteiger partial charge in [0.2, 0.25) is 0 Å². The fourth-order valence-corrected chi connectivity index (χ4v) is 2.49. The molecular formula is C6H13NO2S. The molecular weight excluding hydrogens is 150 g/mol. The molecule has 60 valence electrons. The SMILES string of the molecule is CCS(=O)(=O)[C@@H]1CCNC1. The van der Waals surface area contributed by atoms with Gasteiger partial charge >= 0.3 is 0 Å². The van der Waals surface area contributed by atoms with Crippen LogP contribution in [0.15, 0.2) is 0 Å². The Hall–Kier alpha value is -0.0900. The second kappa shape index (κ2) is 2.88. The average Bonchev–Trinajstić information content (AvgIpc) is 2.38. The van der Waals surface area contributed by atoms with Gasteiger partial charge in [-0.1, -0.05) is 6.92 Å². The molecule has 1 aliphatic heterocycles. The Kier molecular flexibility index (Phi) is 2.31. The van der Waals surface area contributed by atoms with Gasteiger partial charge in [0.1, 0.15) is 0 Å². The zero-order chi connectivity index (χ0) is 7.61. The maximum absolute atomic E-state index is 11.2. The van der Waals surface area contributed by atoms with E-state index in [1.54, 1.807) is 6.92 Å². The molecule has 0 aliphatic carbocycles. The summed E-state index contributed by atoms with van der Waals surface area (Å²) in [5, 5.41) is 2.92. The maximum Gasteiger partial charge on any atom is 0.154 e. The normalized spacial score (nSPS) is 27.1. The van der Waals surface area contributed by atoms with Gasteiger partial charge < -0.3 is 5.32 Å². The molecule has 1 saturated heterocycles. The van der Waals surface area contributed by atoms with Crippen LogP contribution in [0.3, 0.4) is 0 Å². The van der Waals surface area contributed by atoms with E-state index in [1.807, 2.05) is 0 Å². The first kappa shape index (κ1) is 8.01. The minimum absolute atomic E-state index is 0.113. The van der Waals surface area contributed by atoms with Crippen LogP contribution in [0.5, 0.6) is 0 Å². The zero-order valence-corrected chi connectivity index (χ0v) is 6.95. The summed E-state index contributed by atoms with van der Waals surface area (Å²) in [6.45, 7) is 3.20. The number of hydrogen-bond donors (Lipinski definition) is 1. The van der Waals surface area contributed by atoms with E-state index >= 15 is 0 Å². The van der Waals surface area contributed by atoms with Gasteiger partial charge in [-0.15, -0.1) is 0 Å². The van der Waals surface area contributed by atoms with Crippen LogP contribution in [0.1, 0.15) is 13.3 Å². The van der Waals surface area contributed by atoms with E-state index in [-0.39, 0.29) is 11.0 Å². The molecule has 1 heterocycles. The molecule has 0 radical (unpaired) electrons. The van der Waals surface area contributed by atoms with Gasteiger partial charge in [-0.2, -0.15) is 0 Å². The molecule has 1 atom stereocenters. The Morgan fingerprint density at radius 3 is 2.70 bits per heavy atom. The largest absolute Gasteiger partial charge is 0.315 e. The standard InChI is InChI=1S/C6H13NO2S/c1-2-10(8,9)6-3-4-7-5-6/h6-7H,2-5H2,1H3/t6-/m1/s1.